The van der Waals surface area contributed by atoms with Crippen molar-refractivity contribution >= 4 is 11.9 Å². The average Bonchev–Trinajstić information content (AvgIpc) is 2.41. The summed E-state index contributed by atoms with van der Waals surface area (Å²) >= 11 is 0. The SMILES string of the molecule is CC(C)NCCCC(=O)N1CCC(OCC(=O)O)CC1. The number of piperidine rings is 1. The highest BCUT2D eigenvalue weighted by molar-refractivity contribution is 5.76. The largest absolute Gasteiger partial charge is 0.480 e. The van der Waals surface area contributed by atoms with E-state index in [-0.39, 0.29) is 18.6 Å². The van der Waals surface area contributed by atoms with Crippen molar-refractivity contribution in [3.63, 3.8) is 0 Å². The van der Waals surface area contributed by atoms with Crippen LogP contribution in [0.3, 0.4) is 0 Å². The van der Waals surface area contributed by atoms with E-state index in [1.165, 1.54) is 0 Å². The molecule has 0 saturated carbocycles. The van der Waals surface area contributed by atoms with Crippen LogP contribution >= 0.6 is 0 Å². The van der Waals surface area contributed by atoms with E-state index in [9.17, 15) is 9.59 Å². The van der Waals surface area contributed by atoms with Gasteiger partial charge in [0.05, 0.1) is 6.10 Å². The number of carbonyl (C=O) groups excluding carboxylic acids is 1. The van der Waals surface area contributed by atoms with E-state index in [2.05, 4.69) is 19.2 Å². The Morgan fingerprint density at radius 1 is 1.35 bits per heavy atom. The molecule has 20 heavy (non-hydrogen) atoms. The molecule has 6 nitrogen and oxygen atoms in total. The van der Waals surface area contributed by atoms with Crippen molar-refractivity contribution in [3.05, 3.63) is 0 Å². The highest BCUT2D eigenvalue weighted by Gasteiger charge is 2.23. The fourth-order valence-corrected chi connectivity index (χ4v) is 2.25. The molecular weight excluding hydrogens is 260 g/mol. The van der Waals surface area contributed by atoms with Crippen molar-refractivity contribution in [1.29, 1.82) is 0 Å². The van der Waals surface area contributed by atoms with Gasteiger partial charge in [-0.1, -0.05) is 13.8 Å². The van der Waals surface area contributed by atoms with Gasteiger partial charge < -0.3 is 20.1 Å². The Balaban J connectivity index is 2.14. The smallest absolute Gasteiger partial charge is 0.329 e. The van der Waals surface area contributed by atoms with Crippen LogP contribution in [0.15, 0.2) is 0 Å². The van der Waals surface area contributed by atoms with Gasteiger partial charge in [0.2, 0.25) is 5.91 Å². The van der Waals surface area contributed by atoms with Crippen LogP contribution in [-0.2, 0) is 14.3 Å². The Kier molecular flexibility index (Phi) is 7.54. The van der Waals surface area contributed by atoms with Crippen LogP contribution in [0.5, 0.6) is 0 Å². The van der Waals surface area contributed by atoms with Crippen LogP contribution in [0.4, 0.5) is 0 Å². The molecule has 1 saturated heterocycles. The number of carbonyl (C=O) groups is 2. The molecule has 1 heterocycles. The molecule has 0 aromatic carbocycles. The predicted molar refractivity (Wildman–Crippen MR) is 75.6 cm³/mol. The molecule has 0 spiro atoms. The molecular formula is C14H26N2O4. The standard InChI is InChI=1S/C14H26N2O4/c1-11(2)15-7-3-4-13(17)16-8-5-12(6-9-16)20-10-14(18)19/h11-12,15H,3-10H2,1-2H3,(H,18,19). The average molecular weight is 286 g/mol. The van der Waals surface area contributed by atoms with Crippen molar-refractivity contribution in [3.8, 4) is 0 Å². The second kappa shape index (κ2) is 8.92. The van der Waals surface area contributed by atoms with E-state index < -0.39 is 5.97 Å². The third kappa shape index (κ3) is 6.86. The zero-order valence-corrected chi connectivity index (χ0v) is 12.4. The molecule has 2 N–H and O–H groups in total. The number of hydrogen-bond acceptors (Lipinski definition) is 4. The number of hydrogen-bond donors (Lipinski definition) is 2. The van der Waals surface area contributed by atoms with Crippen LogP contribution in [0.1, 0.15) is 39.5 Å². The van der Waals surface area contributed by atoms with Crippen LogP contribution in [0, 0.1) is 0 Å². The van der Waals surface area contributed by atoms with Crippen molar-refractivity contribution < 1.29 is 19.4 Å². The minimum absolute atomic E-state index is 0.0299. The van der Waals surface area contributed by atoms with Gasteiger partial charge in [0.15, 0.2) is 0 Å². The lowest BCUT2D eigenvalue weighted by molar-refractivity contribution is -0.146. The lowest BCUT2D eigenvalue weighted by atomic mass is 10.1. The minimum Gasteiger partial charge on any atom is -0.480 e. The summed E-state index contributed by atoms with van der Waals surface area (Å²) in [5.74, 6) is -0.756. The van der Waals surface area contributed by atoms with Crippen molar-refractivity contribution in [2.45, 2.75) is 51.7 Å². The van der Waals surface area contributed by atoms with E-state index in [0.717, 1.165) is 25.8 Å². The molecule has 0 atom stereocenters. The molecule has 1 fully saturated rings. The molecule has 0 bridgehead atoms. The number of carboxylic acid groups (broad SMARTS) is 1. The maximum Gasteiger partial charge on any atom is 0.329 e. The molecule has 0 aromatic heterocycles. The summed E-state index contributed by atoms with van der Waals surface area (Å²) in [7, 11) is 0. The van der Waals surface area contributed by atoms with E-state index >= 15 is 0 Å². The van der Waals surface area contributed by atoms with E-state index in [1.807, 2.05) is 4.90 Å². The number of amides is 1. The van der Waals surface area contributed by atoms with Gasteiger partial charge in [0.25, 0.3) is 0 Å². The van der Waals surface area contributed by atoms with Gasteiger partial charge >= 0.3 is 5.97 Å². The number of carboxylic acids is 1. The Labute approximate surface area is 120 Å². The summed E-state index contributed by atoms with van der Waals surface area (Å²) < 4.78 is 5.25. The number of nitrogens with one attached hydrogen (secondary N) is 1. The first kappa shape index (κ1) is 16.9. The zero-order chi connectivity index (χ0) is 15.0. The third-order valence-electron chi connectivity index (χ3n) is 3.36. The quantitative estimate of drug-likeness (QED) is 0.647. The Morgan fingerprint density at radius 3 is 2.55 bits per heavy atom. The first-order valence-electron chi connectivity index (χ1n) is 7.33. The van der Waals surface area contributed by atoms with Crippen LogP contribution < -0.4 is 5.32 Å². The number of ether oxygens (including phenoxy) is 1. The topological polar surface area (TPSA) is 78.9 Å². The molecule has 1 amide bonds. The van der Waals surface area contributed by atoms with Gasteiger partial charge in [-0.05, 0) is 25.8 Å². The fraction of sp³-hybridized carbons (Fsp3) is 0.857. The summed E-state index contributed by atoms with van der Waals surface area (Å²) in [4.78, 5) is 24.2. The molecule has 116 valence electrons. The monoisotopic (exact) mass is 286 g/mol. The van der Waals surface area contributed by atoms with Crippen molar-refractivity contribution in [1.82, 2.24) is 10.2 Å². The van der Waals surface area contributed by atoms with E-state index in [0.29, 0.717) is 25.6 Å². The molecule has 0 aliphatic carbocycles. The summed E-state index contributed by atoms with van der Waals surface area (Å²) in [6.45, 7) is 6.12. The van der Waals surface area contributed by atoms with Crippen molar-refractivity contribution in [2.75, 3.05) is 26.2 Å². The number of nitrogens with zero attached hydrogens (tertiary/aromatic N) is 1. The van der Waals surface area contributed by atoms with Crippen LogP contribution in [0.25, 0.3) is 0 Å². The lowest BCUT2D eigenvalue weighted by Crippen LogP contribution is -2.41. The molecule has 1 aliphatic heterocycles. The fourth-order valence-electron chi connectivity index (χ4n) is 2.25. The summed E-state index contributed by atoms with van der Waals surface area (Å²) in [6, 6.07) is 0.451. The van der Waals surface area contributed by atoms with Gasteiger partial charge in [-0.3, -0.25) is 4.79 Å². The highest BCUT2D eigenvalue weighted by Crippen LogP contribution is 2.14. The van der Waals surface area contributed by atoms with E-state index in [1.54, 1.807) is 0 Å². The number of aliphatic carboxylic acids is 1. The second-order valence-corrected chi connectivity index (χ2v) is 5.50. The number of likely N-dealkylation sites (tertiary alicyclic amines) is 1. The molecule has 0 aromatic rings. The van der Waals surface area contributed by atoms with Gasteiger partial charge in [0.1, 0.15) is 6.61 Å². The summed E-state index contributed by atoms with van der Waals surface area (Å²) in [5, 5.41) is 11.8. The van der Waals surface area contributed by atoms with Crippen LogP contribution in [0.2, 0.25) is 0 Å². The lowest BCUT2D eigenvalue weighted by Gasteiger charge is -2.31. The van der Waals surface area contributed by atoms with Gasteiger partial charge in [0, 0.05) is 25.6 Å². The molecule has 1 aliphatic rings. The Morgan fingerprint density at radius 2 is 2.00 bits per heavy atom. The molecule has 0 unspecified atom stereocenters. The second-order valence-electron chi connectivity index (χ2n) is 5.50. The third-order valence-corrected chi connectivity index (χ3v) is 3.36. The highest BCUT2D eigenvalue weighted by atomic mass is 16.5. The molecule has 6 heteroatoms. The van der Waals surface area contributed by atoms with Gasteiger partial charge in [-0.15, -0.1) is 0 Å². The number of rotatable bonds is 8. The summed E-state index contributed by atoms with van der Waals surface area (Å²) in [5.41, 5.74) is 0. The molecule has 1 rings (SSSR count). The Hall–Kier alpha value is -1.14. The van der Waals surface area contributed by atoms with Crippen LogP contribution in [-0.4, -0.2) is 60.3 Å². The minimum atomic E-state index is -0.943. The normalized spacial score (nSPS) is 16.6. The van der Waals surface area contributed by atoms with Gasteiger partial charge in [-0.2, -0.15) is 0 Å². The van der Waals surface area contributed by atoms with Crippen molar-refractivity contribution in [2.24, 2.45) is 0 Å². The van der Waals surface area contributed by atoms with E-state index in [4.69, 9.17) is 9.84 Å². The van der Waals surface area contributed by atoms with Gasteiger partial charge in [-0.25, -0.2) is 4.79 Å². The maximum absolute atomic E-state index is 12.0. The molecule has 0 radical (unpaired) electrons. The predicted octanol–water partition coefficient (Wildman–Crippen LogP) is 0.857. The summed E-state index contributed by atoms with van der Waals surface area (Å²) in [6.07, 6.45) is 2.84. The first-order valence-corrected chi connectivity index (χ1v) is 7.33. The maximum atomic E-state index is 12.0. The Bertz CT molecular complexity index is 312. The first-order chi connectivity index (χ1) is 9.49. The zero-order valence-electron chi connectivity index (χ0n) is 12.4.